The lowest BCUT2D eigenvalue weighted by molar-refractivity contribution is -0.123. The summed E-state index contributed by atoms with van der Waals surface area (Å²) in [5, 5.41) is 6.80. The summed E-state index contributed by atoms with van der Waals surface area (Å²) in [4.78, 5) is 18.2. The molecule has 1 heterocycles. The highest BCUT2D eigenvalue weighted by atomic mass is 127. The number of nitrogens with two attached hydrogens (primary N) is 1. The van der Waals surface area contributed by atoms with Crippen molar-refractivity contribution in [1.82, 2.24) is 15.5 Å². The molecular formula is C25H36IN5O. The standard InChI is InChI=1S/C25H35N5O.HI/c1-18-9-10-22(19(2)12-18)15-29-25(27-3)28-14-20-6-4-7-21(13-20)16-30-11-5-8-23(17-30)24(26)31;/h4,6-7,9-10,12-13,23H,5,8,11,14-17H2,1-3H3,(H2,26,31)(H2,27,28,29);1H. The number of carbonyl (C=O) groups is 1. The van der Waals surface area contributed by atoms with E-state index in [9.17, 15) is 4.79 Å². The number of nitrogens with one attached hydrogen (secondary N) is 2. The summed E-state index contributed by atoms with van der Waals surface area (Å²) < 4.78 is 0. The number of amides is 1. The molecule has 1 atom stereocenters. The van der Waals surface area contributed by atoms with Crippen molar-refractivity contribution in [1.29, 1.82) is 0 Å². The van der Waals surface area contributed by atoms with Crippen LogP contribution in [0.2, 0.25) is 0 Å². The van der Waals surface area contributed by atoms with E-state index in [-0.39, 0.29) is 35.8 Å². The third-order valence-corrected chi connectivity index (χ3v) is 5.93. The van der Waals surface area contributed by atoms with Crippen molar-refractivity contribution < 1.29 is 4.79 Å². The van der Waals surface area contributed by atoms with Gasteiger partial charge in [-0.2, -0.15) is 0 Å². The molecule has 0 radical (unpaired) electrons. The van der Waals surface area contributed by atoms with Crippen LogP contribution in [0.25, 0.3) is 0 Å². The van der Waals surface area contributed by atoms with Gasteiger partial charge in [0.05, 0.1) is 5.92 Å². The van der Waals surface area contributed by atoms with Crippen LogP contribution < -0.4 is 16.4 Å². The van der Waals surface area contributed by atoms with Gasteiger partial charge in [0.2, 0.25) is 5.91 Å². The largest absolute Gasteiger partial charge is 0.369 e. The van der Waals surface area contributed by atoms with Gasteiger partial charge in [-0.3, -0.25) is 14.7 Å². The highest BCUT2D eigenvalue weighted by Crippen LogP contribution is 2.19. The van der Waals surface area contributed by atoms with Crippen molar-refractivity contribution in [3.05, 3.63) is 70.3 Å². The van der Waals surface area contributed by atoms with Crippen LogP contribution in [0.5, 0.6) is 0 Å². The lowest BCUT2D eigenvalue weighted by atomic mass is 9.97. The maximum atomic E-state index is 11.5. The number of likely N-dealkylation sites (tertiary alicyclic amines) is 1. The molecule has 7 heteroatoms. The molecular weight excluding hydrogens is 513 g/mol. The normalized spacial score (nSPS) is 16.8. The van der Waals surface area contributed by atoms with E-state index in [0.717, 1.165) is 45.0 Å². The fourth-order valence-corrected chi connectivity index (χ4v) is 4.16. The van der Waals surface area contributed by atoms with Gasteiger partial charge in [0.15, 0.2) is 5.96 Å². The Bertz CT molecular complexity index is 930. The molecule has 0 aliphatic carbocycles. The molecule has 1 saturated heterocycles. The molecule has 2 aromatic rings. The van der Waals surface area contributed by atoms with Crippen molar-refractivity contribution in [3.8, 4) is 0 Å². The van der Waals surface area contributed by atoms with Gasteiger partial charge >= 0.3 is 0 Å². The number of primary amides is 1. The number of halogens is 1. The minimum absolute atomic E-state index is 0. The van der Waals surface area contributed by atoms with Gasteiger partial charge in [0, 0.05) is 33.2 Å². The molecule has 0 bridgehead atoms. The van der Waals surface area contributed by atoms with Crippen LogP contribution in [-0.2, 0) is 24.4 Å². The van der Waals surface area contributed by atoms with E-state index in [4.69, 9.17) is 5.73 Å². The van der Waals surface area contributed by atoms with E-state index in [1.54, 1.807) is 7.05 Å². The summed E-state index contributed by atoms with van der Waals surface area (Å²) in [6.07, 6.45) is 1.93. The number of aryl methyl sites for hydroxylation is 2. The van der Waals surface area contributed by atoms with Crippen molar-refractivity contribution in [2.45, 2.75) is 46.3 Å². The SMILES string of the molecule is CN=C(NCc1cccc(CN2CCCC(C(N)=O)C2)c1)NCc1ccc(C)cc1C.I. The highest BCUT2D eigenvalue weighted by Gasteiger charge is 2.23. The van der Waals surface area contributed by atoms with Gasteiger partial charge in [-0.05, 0) is 55.5 Å². The summed E-state index contributed by atoms with van der Waals surface area (Å²) in [6, 6.07) is 15.1. The number of guanidine groups is 1. The predicted molar refractivity (Wildman–Crippen MR) is 142 cm³/mol. The Labute approximate surface area is 209 Å². The highest BCUT2D eigenvalue weighted by molar-refractivity contribution is 14.0. The Balaban J connectivity index is 0.00000363. The van der Waals surface area contributed by atoms with Crippen LogP contribution in [0, 0.1) is 19.8 Å². The zero-order valence-corrected chi connectivity index (χ0v) is 21.7. The van der Waals surface area contributed by atoms with Crippen LogP contribution >= 0.6 is 24.0 Å². The third kappa shape index (κ3) is 7.78. The molecule has 1 amide bonds. The van der Waals surface area contributed by atoms with Gasteiger partial charge in [0.1, 0.15) is 0 Å². The van der Waals surface area contributed by atoms with E-state index in [0.29, 0.717) is 6.54 Å². The molecule has 1 fully saturated rings. The van der Waals surface area contributed by atoms with E-state index < -0.39 is 0 Å². The lowest BCUT2D eigenvalue weighted by Gasteiger charge is -2.31. The molecule has 0 aromatic heterocycles. The Morgan fingerprint density at radius 1 is 1.12 bits per heavy atom. The maximum Gasteiger partial charge on any atom is 0.221 e. The summed E-state index contributed by atoms with van der Waals surface area (Å²) >= 11 is 0. The molecule has 1 aliphatic rings. The summed E-state index contributed by atoms with van der Waals surface area (Å²) in [6.45, 7) is 8.30. The first-order valence-corrected chi connectivity index (χ1v) is 11.0. The lowest BCUT2D eigenvalue weighted by Crippen LogP contribution is -2.40. The zero-order valence-electron chi connectivity index (χ0n) is 19.4. The van der Waals surface area contributed by atoms with Gasteiger partial charge in [-0.25, -0.2) is 0 Å². The van der Waals surface area contributed by atoms with E-state index in [1.807, 2.05) is 0 Å². The fourth-order valence-electron chi connectivity index (χ4n) is 4.16. The molecule has 6 nitrogen and oxygen atoms in total. The van der Waals surface area contributed by atoms with Crippen LogP contribution in [0.1, 0.15) is 40.7 Å². The van der Waals surface area contributed by atoms with E-state index >= 15 is 0 Å². The van der Waals surface area contributed by atoms with Crippen molar-refractivity contribution in [2.24, 2.45) is 16.6 Å². The molecule has 2 aromatic carbocycles. The minimum Gasteiger partial charge on any atom is -0.369 e. The average Bonchev–Trinajstić information content (AvgIpc) is 2.75. The van der Waals surface area contributed by atoms with Crippen molar-refractivity contribution in [3.63, 3.8) is 0 Å². The number of piperidine rings is 1. The van der Waals surface area contributed by atoms with Crippen LogP contribution in [0.15, 0.2) is 47.5 Å². The number of benzene rings is 2. The number of hydrogen-bond acceptors (Lipinski definition) is 3. The van der Waals surface area contributed by atoms with Gasteiger partial charge in [0.25, 0.3) is 0 Å². The molecule has 0 spiro atoms. The molecule has 0 saturated carbocycles. The summed E-state index contributed by atoms with van der Waals surface area (Å²) in [7, 11) is 1.79. The first kappa shape index (κ1) is 26.1. The second-order valence-electron chi connectivity index (χ2n) is 8.51. The summed E-state index contributed by atoms with van der Waals surface area (Å²) in [5.74, 6) is 0.582. The van der Waals surface area contributed by atoms with Gasteiger partial charge < -0.3 is 16.4 Å². The minimum atomic E-state index is -0.178. The van der Waals surface area contributed by atoms with Crippen LogP contribution in [0.4, 0.5) is 0 Å². The van der Waals surface area contributed by atoms with Crippen molar-refractivity contribution in [2.75, 3.05) is 20.1 Å². The van der Waals surface area contributed by atoms with E-state index in [2.05, 4.69) is 76.8 Å². The van der Waals surface area contributed by atoms with E-state index in [1.165, 1.54) is 27.8 Å². The fraction of sp³-hybridized carbons (Fsp3) is 0.440. The Hall–Kier alpha value is -2.13. The van der Waals surface area contributed by atoms with Gasteiger partial charge in [-0.15, -0.1) is 24.0 Å². The Kier molecular flexibility index (Phi) is 10.4. The molecule has 1 unspecified atom stereocenters. The first-order chi connectivity index (χ1) is 14.9. The monoisotopic (exact) mass is 549 g/mol. The zero-order chi connectivity index (χ0) is 22.2. The molecule has 1 aliphatic heterocycles. The number of nitrogens with zero attached hydrogens (tertiary/aromatic N) is 2. The second-order valence-corrected chi connectivity index (χ2v) is 8.51. The van der Waals surface area contributed by atoms with Gasteiger partial charge in [-0.1, -0.05) is 48.0 Å². The average molecular weight is 550 g/mol. The van der Waals surface area contributed by atoms with Crippen LogP contribution in [-0.4, -0.2) is 36.9 Å². The van der Waals surface area contributed by atoms with Crippen molar-refractivity contribution >= 4 is 35.8 Å². The number of aliphatic imine (C=N–C) groups is 1. The smallest absolute Gasteiger partial charge is 0.221 e. The topological polar surface area (TPSA) is 82.8 Å². The first-order valence-electron chi connectivity index (χ1n) is 11.0. The number of hydrogen-bond donors (Lipinski definition) is 3. The predicted octanol–water partition coefficient (Wildman–Crippen LogP) is 3.48. The quantitative estimate of drug-likeness (QED) is 0.281. The number of rotatable bonds is 7. The molecule has 4 N–H and O–H groups in total. The molecule has 32 heavy (non-hydrogen) atoms. The second kappa shape index (κ2) is 12.8. The Morgan fingerprint density at radius 2 is 1.88 bits per heavy atom. The summed E-state index contributed by atoms with van der Waals surface area (Å²) in [5.41, 5.74) is 11.8. The maximum absolute atomic E-state index is 11.5. The number of carbonyl (C=O) groups excluding carboxylic acids is 1. The molecule has 3 rings (SSSR count). The molecule has 174 valence electrons. The third-order valence-electron chi connectivity index (χ3n) is 5.93. The van der Waals surface area contributed by atoms with Crippen LogP contribution in [0.3, 0.4) is 0 Å². The Morgan fingerprint density at radius 3 is 2.59 bits per heavy atom.